The quantitative estimate of drug-likeness (QED) is 0.719. The number of ether oxygens (including phenoxy) is 1. The summed E-state index contributed by atoms with van der Waals surface area (Å²) in [6, 6.07) is 0.709. The van der Waals surface area contributed by atoms with Gasteiger partial charge < -0.3 is 15.0 Å². The molecule has 1 heterocycles. The first kappa shape index (κ1) is 12.0. The molecule has 1 aliphatic rings. The van der Waals surface area contributed by atoms with Crippen LogP contribution in [0.5, 0.6) is 0 Å². The molecular formula is C11H24N2O. The number of likely N-dealkylation sites (N-methyl/N-ethyl adjacent to an activating group) is 1. The lowest BCUT2D eigenvalue weighted by Crippen LogP contribution is -2.46. The van der Waals surface area contributed by atoms with E-state index in [-0.39, 0.29) is 0 Å². The van der Waals surface area contributed by atoms with Gasteiger partial charge in [-0.1, -0.05) is 13.8 Å². The van der Waals surface area contributed by atoms with Crippen molar-refractivity contribution in [2.75, 3.05) is 33.3 Å². The Morgan fingerprint density at radius 3 is 2.64 bits per heavy atom. The second kappa shape index (κ2) is 6.38. The first-order valence-electron chi connectivity index (χ1n) is 5.80. The Labute approximate surface area is 87.8 Å². The lowest BCUT2D eigenvalue weighted by atomic mass is 10.1. The maximum Gasteiger partial charge on any atom is 0.0826 e. The molecule has 0 bridgehead atoms. The molecule has 14 heavy (non-hydrogen) atoms. The normalized spacial score (nSPS) is 23.4. The molecule has 1 saturated heterocycles. The Hall–Kier alpha value is -0.120. The van der Waals surface area contributed by atoms with Crippen LogP contribution in [0.15, 0.2) is 0 Å². The molecule has 84 valence electrons. The van der Waals surface area contributed by atoms with Crippen LogP contribution in [-0.4, -0.2) is 50.3 Å². The minimum Gasteiger partial charge on any atom is -0.374 e. The van der Waals surface area contributed by atoms with Gasteiger partial charge in [-0.2, -0.15) is 0 Å². The minimum atomic E-state index is 0.384. The molecule has 3 heteroatoms. The molecule has 1 rings (SSSR count). The molecule has 1 fully saturated rings. The van der Waals surface area contributed by atoms with Gasteiger partial charge in [-0.25, -0.2) is 0 Å². The molecule has 0 amide bonds. The second-order valence-electron chi connectivity index (χ2n) is 4.11. The molecule has 0 aromatic heterocycles. The van der Waals surface area contributed by atoms with E-state index in [2.05, 4.69) is 31.1 Å². The van der Waals surface area contributed by atoms with Crippen LogP contribution in [0.3, 0.4) is 0 Å². The van der Waals surface area contributed by atoms with Gasteiger partial charge >= 0.3 is 0 Å². The van der Waals surface area contributed by atoms with Gasteiger partial charge in [0.1, 0.15) is 0 Å². The van der Waals surface area contributed by atoms with Crippen LogP contribution in [0.2, 0.25) is 0 Å². The highest BCUT2D eigenvalue weighted by Crippen LogP contribution is 2.08. The van der Waals surface area contributed by atoms with Crippen molar-refractivity contribution in [3.8, 4) is 0 Å². The Kier molecular flexibility index (Phi) is 5.45. The zero-order valence-electron chi connectivity index (χ0n) is 9.75. The molecule has 1 N–H and O–H groups in total. The molecule has 0 aromatic rings. The maximum atomic E-state index is 5.68. The summed E-state index contributed by atoms with van der Waals surface area (Å²) >= 11 is 0. The molecule has 1 unspecified atom stereocenters. The topological polar surface area (TPSA) is 24.5 Å². The van der Waals surface area contributed by atoms with Gasteiger partial charge in [0.15, 0.2) is 0 Å². The zero-order chi connectivity index (χ0) is 10.4. The molecular weight excluding hydrogens is 176 g/mol. The maximum absolute atomic E-state index is 5.68. The molecule has 0 aliphatic carbocycles. The molecule has 0 spiro atoms. The van der Waals surface area contributed by atoms with E-state index in [0.29, 0.717) is 12.1 Å². The predicted molar refractivity (Wildman–Crippen MR) is 59.6 cm³/mol. The summed E-state index contributed by atoms with van der Waals surface area (Å²) in [5.41, 5.74) is 0. The fraction of sp³-hybridized carbons (Fsp3) is 1.00. The van der Waals surface area contributed by atoms with Crippen LogP contribution in [-0.2, 0) is 4.74 Å². The van der Waals surface area contributed by atoms with Gasteiger partial charge in [-0.05, 0) is 19.9 Å². The number of rotatable bonds is 5. The van der Waals surface area contributed by atoms with Crippen molar-refractivity contribution < 1.29 is 4.74 Å². The summed E-state index contributed by atoms with van der Waals surface area (Å²) in [6.45, 7) is 8.44. The highest BCUT2D eigenvalue weighted by Gasteiger charge is 2.18. The lowest BCUT2D eigenvalue weighted by molar-refractivity contribution is 0.00221. The molecule has 0 aromatic carbocycles. The van der Waals surface area contributed by atoms with Gasteiger partial charge in [0.2, 0.25) is 0 Å². The average Bonchev–Trinajstić information content (AvgIpc) is 2.21. The predicted octanol–water partition coefficient (Wildman–Crippen LogP) is 1.10. The molecule has 1 aliphatic heterocycles. The Bertz CT molecular complexity index is 142. The first-order chi connectivity index (χ1) is 6.77. The first-order valence-corrected chi connectivity index (χ1v) is 5.80. The van der Waals surface area contributed by atoms with E-state index in [4.69, 9.17) is 4.74 Å². The third-order valence-electron chi connectivity index (χ3n) is 3.06. The highest BCUT2D eigenvalue weighted by molar-refractivity contribution is 4.74. The van der Waals surface area contributed by atoms with Crippen LogP contribution >= 0.6 is 0 Å². The van der Waals surface area contributed by atoms with Gasteiger partial charge in [-0.15, -0.1) is 0 Å². The average molecular weight is 200 g/mol. The second-order valence-corrected chi connectivity index (χ2v) is 4.11. The largest absolute Gasteiger partial charge is 0.374 e. The highest BCUT2D eigenvalue weighted by atomic mass is 16.5. The molecule has 3 nitrogen and oxygen atoms in total. The zero-order valence-corrected chi connectivity index (χ0v) is 9.75. The number of hydrogen-bond acceptors (Lipinski definition) is 3. The number of nitrogens with one attached hydrogen (secondary N) is 1. The van der Waals surface area contributed by atoms with E-state index in [1.807, 2.05) is 0 Å². The van der Waals surface area contributed by atoms with Gasteiger partial charge in [0.05, 0.1) is 12.7 Å². The van der Waals surface area contributed by atoms with Crippen molar-refractivity contribution in [1.82, 2.24) is 10.2 Å². The van der Waals surface area contributed by atoms with Crippen LogP contribution in [0, 0.1) is 0 Å². The van der Waals surface area contributed by atoms with Crippen LogP contribution in [0.25, 0.3) is 0 Å². The van der Waals surface area contributed by atoms with Crippen molar-refractivity contribution >= 4 is 0 Å². The number of morpholine rings is 1. The van der Waals surface area contributed by atoms with Crippen molar-refractivity contribution in [1.29, 1.82) is 0 Å². The van der Waals surface area contributed by atoms with Gasteiger partial charge in [0.25, 0.3) is 0 Å². The van der Waals surface area contributed by atoms with E-state index in [9.17, 15) is 0 Å². The number of hydrogen-bond donors (Lipinski definition) is 1. The fourth-order valence-electron chi connectivity index (χ4n) is 2.12. The summed E-state index contributed by atoms with van der Waals surface area (Å²) in [4.78, 5) is 2.43. The van der Waals surface area contributed by atoms with Crippen LogP contribution in [0.4, 0.5) is 0 Å². The van der Waals surface area contributed by atoms with Crippen molar-refractivity contribution in [2.45, 2.75) is 38.8 Å². The summed E-state index contributed by atoms with van der Waals surface area (Å²) in [7, 11) is 2.20. The Balaban J connectivity index is 2.26. The van der Waals surface area contributed by atoms with Gasteiger partial charge in [0, 0.05) is 25.7 Å². The lowest BCUT2D eigenvalue weighted by Gasteiger charge is -2.32. The monoisotopic (exact) mass is 200 g/mol. The summed E-state index contributed by atoms with van der Waals surface area (Å²) in [5, 5.41) is 3.36. The summed E-state index contributed by atoms with van der Waals surface area (Å²) in [6.07, 6.45) is 2.84. The summed E-state index contributed by atoms with van der Waals surface area (Å²) in [5.74, 6) is 0. The van der Waals surface area contributed by atoms with E-state index < -0.39 is 0 Å². The van der Waals surface area contributed by atoms with E-state index in [1.165, 1.54) is 12.8 Å². The molecule has 0 radical (unpaired) electrons. The standard InChI is InChI=1S/C11H24N2O/c1-4-10(5-2)13(3)9-11-8-12-6-7-14-11/h10-12H,4-9H2,1-3H3. The van der Waals surface area contributed by atoms with E-state index in [0.717, 1.165) is 26.2 Å². The third kappa shape index (κ3) is 3.56. The smallest absolute Gasteiger partial charge is 0.0826 e. The summed E-state index contributed by atoms with van der Waals surface area (Å²) < 4.78 is 5.68. The minimum absolute atomic E-state index is 0.384. The Morgan fingerprint density at radius 1 is 1.43 bits per heavy atom. The van der Waals surface area contributed by atoms with Crippen LogP contribution in [0.1, 0.15) is 26.7 Å². The van der Waals surface area contributed by atoms with Gasteiger partial charge in [-0.3, -0.25) is 0 Å². The molecule has 0 saturated carbocycles. The van der Waals surface area contributed by atoms with E-state index >= 15 is 0 Å². The van der Waals surface area contributed by atoms with Crippen molar-refractivity contribution in [3.63, 3.8) is 0 Å². The van der Waals surface area contributed by atoms with Crippen molar-refractivity contribution in [3.05, 3.63) is 0 Å². The van der Waals surface area contributed by atoms with E-state index in [1.54, 1.807) is 0 Å². The fourth-order valence-corrected chi connectivity index (χ4v) is 2.12. The third-order valence-corrected chi connectivity index (χ3v) is 3.06. The Morgan fingerprint density at radius 2 is 2.14 bits per heavy atom. The number of nitrogens with zero attached hydrogens (tertiary/aromatic N) is 1. The SMILES string of the molecule is CCC(CC)N(C)CC1CNCCO1. The van der Waals surface area contributed by atoms with Crippen molar-refractivity contribution in [2.24, 2.45) is 0 Å². The van der Waals surface area contributed by atoms with Crippen LogP contribution < -0.4 is 5.32 Å². The molecule has 1 atom stereocenters.